The Morgan fingerprint density at radius 2 is 1.25 bits per heavy atom. The van der Waals surface area contributed by atoms with Gasteiger partial charge in [-0.15, -0.1) is 0 Å². The zero-order chi connectivity index (χ0) is 19.2. The first kappa shape index (κ1) is 19.2. The van der Waals surface area contributed by atoms with Gasteiger partial charge in [0.1, 0.15) is 0 Å². The van der Waals surface area contributed by atoms with Gasteiger partial charge in [0.25, 0.3) is 0 Å². The lowest BCUT2D eigenvalue weighted by molar-refractivity contribution is 0.0710. The van der Waals surface area contributed by atoms with Crippen LogP contribution in [-0.2, 0) is 6.54 Å². The van der Waals surface area contributed by atoms with Gasteiger partial charge in [0, 0.05) is 37.7 Å². The molecule has 0 bridgehead atoms. The molecular weight excluding hydrogens is 366 g/mol. The molecule has 1 saturated heterocycles. The monoisotopic (exact) mass is 391 g/mol. The number of nitrogens with one attached hydrogen (secondary N) is 1. The summed E-state index contributed by atoms with van der Waals surface area (Å²) in [5, 5.41) is 3.11. The number of benzene rings is 3. The molecule has 0 radical (unpaired) electrons. The molecule has 1 fully saturated rings. The van der Waals surface area contributed by atoms with Crippen molar-refractivity contribution >= 4 is 11.6 Å². The van der Waals surface area contributed by atoms with Gasteiger partial charge in [0.05, 0.1) is 6.04 Å². The smallest absolute Gasteiger partial charge is 0.0602 e. The van der Waals surface area contributed by atoms with Crippen LogP contribution in [0, 0.1) is 0 Å². The Labute approximate surface area is 172 Å². The Morgan fingerprint density at radius 3 is 1.79 bits per heavy atom. The van der Waals surface area contributed by atoms with Crippen molar-refractivity contribution in [1.82, 2.24) is 15.3 Å². The molecule has 3 nitrogen and oxygen atoms in total. The largest absolute Gasteiger partial charge is 0.290 e. The fourth-order valence-electron chi connectivity index (χ4n) is 3.83. The van der Waals surface area contributed by atoms with Gasteiger partial charge >= 0.3 is 0 Å². The molecule has 3 aromatic rings. The molecule has 3 aromatic carbocycles. The summed E-state index contributed by atoms with van der Waals surface area (Å²) >= 11 is 5.97. The fraction of sp³-hybridized carbons (Fsp3) is 0.250. The zero-order valence-electron chi connectivity index (χ0n) is 16.0. The minimum atomic E-state index is 0.306. The molecule has 1 aliphatic heterocycles. The number of halogens is 1. The van der Waals surface area contributed by atoms with Crippen molar-refractivity contribution < 1.29 is 0 Å². The Kier molecular flexibility index (Phi) is 6.40. The van der Waals surface area contributed by atoms with Crippen LogP contribution in [0.5, 0.6) is 0 Å². The van der Waals surface area contributed by atoms with Crippen molar-refractivity contribution in [2.45, 2.75) is 12.6 Å². The van der Waals surface area contributed by atoms with E-state index in [9.17, 15) is 0 Å². The van der Waals surface area contributed by atoms with Crippen molar-refractivity contribution in [2.75, 3.05) is 26.2 Å². The lowest BCUT2D eigenvalue weighted by Gasteiger charge is -2.40. The van der Waals surface area contributed by atoms with Crippen molar-refractivity contribution in [3.05, 3.63) is 107 Å². The van der Waals surface area contributed by atoms with Crippen LogP contribution in [-0.4, -0.2) is 36.1 Å². The van der Waals surface area contributed by atoms with E-state index < -0.39 is 0 Å². The molecule has 0 aliphatic carbocycles. The maximum Gasteiger partial charge on any atom is 0.0602 e. The molecule has 0 saturated carbocycles. The summed E-state index contributed by atoms with van der Waals surface area (Å²) in [6, 6.07) is 30.0. The third-order valence-corrected chi connectivity index (χ3v) is 5.58. The second-order valence-corrected chi connectivity index (χ2v) is 7.64. The van der Waals surface area contributed by atoms with Gasteiger partial charge in [-0.3, -0.25) is 10.3 Å². The van der Waals surface area contributed by atoms with Gasteiger partial charge in [-0.05, 0) is 28.8 Å². The lowest BCUT2D eigenvalue weighted by Crippen LogP contribution is -2.52. The Balaban J connectivity index is 1.40. The number of hydrogen-bond acceptors (Lipinski definition) is 3. The molecule has 4 heteroatoms. The summed E-state index contributed by atoms with van der Waals surface area (Å²) in [5.41, 5.74) is 7.52. The lowest BCUT2D eigenvalue weighted by atomic mass is 9.96. The van der Waals surface area contributed by atoms with Gasteiger partial charge in [-0.25, -0.2) is 5.01 Å². The molecule has 0 aromatic heterocycles. The van der Waals surface area contributed by atoms with Crippen LogP contribution in [0.15, 0.2) is 84.9 Å². The second kappa shape index (κ2) is 9.35. The predicted octanol–water partition coefficient (Wildman–Crippen LogP) is 4.75. The summed E-state index contributed by atoms with van der Waals surface area (Å²) in [7, 11) is 0. The number of hydrogen-bond donors (Lipinski definition) is 1. The molecule has 0 unspecified atom stereocenters. The molecule has 1 N–H and O–H groups in total. The minimum Gasteiger partial charge on any atom is -0.290 e. The number of piperazine rings is 1. The highest BCUT2D eigenvalue weighted by molar-refractivity contribution is 6.30. The molecule has 1 heterocycles. The molecule has 1 aliphatic rings. The van der Waals surface area contributed by atoms with Crippen LogP contribution in [0.3, 0.4) is 0 Å². The van der Waals surface area contributed by atoms with Gasteiger partial charge < -0.3 is 0 Å². The van der Waals surface area contributed by atoms with Gasteiger partial charge in [0.2, 0.25) is 0 Å². The van der Waals surface area contributed by atoms with E-state index in [1.807, 2.05) is 12.1 Å². The number of hydrazine groups is 1. The normalized spacial score (nSPS) is 15.8. The Bertz CT molecular complexity index is 805. The van der Waals surface area contributed by atoms with Gasteiger partial charge in [-0.2, -0.15) is 0 Å². The molecular formula is C24H26ClN3. The van der Waals surface area contributed by atoms with Crippen LogP contribution in [0.2, 0.25) is 5.02 Å². The van der Waals surface area contributed by atoms with E-state index in [4.69, 9.17) is 11.6 Å². The SMILES string of the molecule is Clc1ccc(CNN2CCN(C(c3ccccc3)c3ccccc3)CC2)cc1. The van der Waals surface area contributed by atoms with Gasteiger partial charge in [0.15, 0.2) is 0 Å². The predicted molar refractivity (Wildman–Crippen MR) is 116 cm³/mol. The molecule has 4 rings (SSSR count). The van der Waals surface area contributed by atoms with E-state index >= 15 is 0 Å². The number of rotatable bonds is 6. The van der Waals surface area contributed by atoms with Crippen LogP contribution in [0.4, 0.5) is 0 Å². The standard InChI is InChI=1S/C24H26ClN3/c25-23-13-11-20(12-14-23)19-26-28-17-15-27(16-18-28)24(21-7-3-1-4-8-21)22-9-5-2-6-10-22/h1-14,24,26H,15-19H2. The maximum atomic E-state index is 5.97. The van der Waals surface area contributed by atoms with E-state index in [2.05, 4.69) is 88.1 Å². The molecule has 0 spiro atoms. The highest BCUT2D eigenvalue weighted by atomic mass is 35.5. The van der Waals surface area contributed by atoms with E-state index in [1.54, 1.807) is 0 Å². The van der Waals surface area contributed by atoms with Crippen molar-refractivity contribution in [2.24, 2.45) is 0 Å². The Hall–Kier alpha value is -2.17. The van der Waals surface area contributed by atoms with Crippen LogP contribution < -0.4 is 5.43 Å². The van der Waals surface area contributed by atoms with E-state index in [1.165, 1.54) is 16.7 Å². The Morgan fingerprint density at radius 1 is 0.714 bits per heavy atom. The minimum absolute atomic E-state index is 0.306. The molecule has 0 atom stereocenters. The third kappa shape index (κ3) is 4.81. The quantitative estimate of drug-likeness (QED) is 0.654. The summed E-state index contributed by atoms with van der Waals surface area (Å²) in [6.07, 6.45) is 0. The molecule has 144 valence electrons. The van der Waals surface area contributed by atoms with Crippen LogP contribution >= 0.6 is 11.6 Å². The first-order chi connectivity index (χ1) is 13.8. The van der Waals surface area contributed by atoms with E-state index in [0.29, 0.717) is 6.04 Å². The van der Waals surface area contributed by atoms with E-state index in [-0.39, 0.29) is 0 Å². The van der Waals surface area contributed by atoms with Crippen molar-refractivity contribution in [1.29, 1.82) is 0 Å². The molecule has 28 heavy (non-hydrogen) atoms. The average molecular weight is 392 g/mol. The zero-order valence-corrected chi connectivity index (χ0v) is 16.7. The van der Waals surface area contributed by atoms with Gasteiger partial charge in [-0.1, -0.05) is 84.4 Å². The summed E-state index contributed by atoms with van der Waals surface area (Å²) < 4.78 is 0. The highest BCUT2D eigenvalue weighted by Crippen LogP contribution is 2.29. The van der Waals surface area contributed by atoms with E-state index in [0.717, 1.165) is 37.7 Å². The second-order valence-electron chi connectivity index (χ2n) is 7.21. The van der Waals surface area contributed by atoms with Crippen LogP contribution in [0.25, 0.3) is 0 Å². The summed E-state index contributed by atoms with van der Waals surface area (Å²) in [6.45, 7) is 4.90. The molecule has 0 amide bonds. The summed E-state index contributed by atoms with van der Waals surface area (Å²) in [4.78, 5) is 2.59. The first-order valence-electron chi connectivity index (χ1n) is 9.86. The highest BCUT2D eigenvalue weighted by Gasteiger charge is 2.26. The number of nitrogens with zero attached hydrogens (tertiary/aromatic N) is 2. The van der Waals surface area contributed by atoms with Crippen LogP contribution in [0.1, 0.15) is 22.7 Å². The third-order valence-electron chi connectivity index (χ3n) is 5.33. The van der Waals surface area contributed by atoms with Crippen molar-refractivity contribution in [3.8, 4) is 0 Å². The van der Waals surface area contributed by atoms with Crippen molar-refractivity contribution in [3.63, 3.8) is 0 Å². The topological polar surface area (TPSA) is 18.5 Å². The summed E-state index contributed by atoms with van der Waals surface area (Å²) in [5.74, 6) is 0. The fourth-order valence-corrected chi connectivity index (χ4v) is 3.95. The maximum absolute atomic E-state index is 5.97. The first-order valence-corrected chi connectivity index (χ1v) is 10.2. The average Bonchev–Trinajstić information content (AvgIpc) is 2.76.